The summed E-state index contributed by atoms with van der Waals surface area (Å²) in [5, 5.41) is 10.1. The van der Waals surface area contributed by atoms with Crippen LogP contribution in [-0.2, 0) is 18.2 Å². The van der Waals surface area contributed by atoms with Crippen molar-refractivity contribution in [3.63, 3.8) is 0 Å². The van der Waals surface area contributed by atoms with E-state index in [9.17, 15) is 4.79 Å². The molecule has 1 aromatic heterocycles. The summed E-state index contributed by atoms with van der Waals surface area (Å²) in [5.74, 6) is 0. The minimum Gasteiger partial charge on any atom is -0.444 e. The average Bonchev–Trinajstić information content (AvgIpc) is 2.67. The van der Waals surface area contributed by atoms with Crippen LogP contribution in [0.15, 0.2) is 12.3 Å². The van der Waals surface area contributed by atoms with E-state index >= 15 is 0 Å². The van der Waals surface area contributed by atoms with Gasteiger partial charge in [-0.05, 0) is 26.8 Å². The molecular weight excluding hydrogens is 244 g/mol. The number of carbonyl (C=O) groups excluding carboxylic acids is 1. The fraction of sp³-hybridized carbons (Fsp3) is 0.692. The molecule has 0 aliphatic rings. The van der Waals surface area contributed by atoms with E-state index in [0.717, 1.165) is 19.5 Å². The first kappa shape index (κ1) is 15.5. The molecular formula is C13H24N4O2. The van der Waals surface area contributed by atoms with Crippen LogP contribution in [0.5, 0.6) is 0 Å². The molecule has 0 spiro atoms. The number of aryl methyl sites for hydroxylation is 1. The second kappa shape index (κ2) is 7.13. The molecule has 108 valence electrons. The Morgan fingerprint density at radius 3 is 2.68 bits per heavy atom. The molecule has 0 fully saturated rings. The number of carbonyl (C=O) groups is 1. The van der Waals surface area contributed by atoms with Gasteiger partial charge in [0.25, 0.3) is 0 Å². The van der Waals surface area contributed by atoms with E-state index in [1.807, 2.05) is 38.6 Å². The van der Waals surface area contributed by atoms with Gasteiger partial charge in [0.2, 0.25) is 0 Å². The Morgan fingerprint density at radius 1 is 1.37 bits per heavy atom. The summed E-state index contributed by atoms with van der Waals surface area (Å²) in [6, 6.07) is 2.00. The SMILES string of the molecule is Cn1nccc1CCNCCNC(=O)OC(C)(C)C. The van der Waals surface area contributed by atoms with Crippen molar-refractivity contribution >= 4 is 6.09 Å². The predicted octanol–water partition coefficient (Wildman–Crippen LogP) is 1.08. The summed E-state index contributed by atoms with van der Waals surface area (Å²) in [7, 11) is 1.93. The number of hydrogen-bond donors (Lipinski definition) is 2. The van der Waals surface area contributed by atoms with Crippen molar-refractivity contribution in [2.24, 2.45) is 7.05 Å². The van der Waals surface area contributed by atoms with Crippen molar-refractivity contribution < 1.29 is 9.53 Å². The highest BCUT2D eigenvalue weighted by molar-refractivity contribution is 5.67. The number of hydrogen-bond acceptors (Lipinski definition) is 4. The van der Waals surface area contributed by atoms with Crippen LogP contribution >= 0.6 is 0 Å². The monoisotopic (exact) mass is 268 g/mol. The van der Waals surface area contributed by atoms with Gasteiger partial charge in [0.15, 0.2) is 0 Å². The minimum atomic E-state index is -0.447. The second-order valence-electron chi connectivity index (χ2n) is 5.37. The highest BCUT2D eigenvalue weighted by Crippen LogP contribution is 2.05. The van der Waals surface area contributed by atoms with E-state index in [4.69, 9.17) is 4.74 Å². The van der Waals surface area contributed by atoms with E-state index in [1.54, 1.807) is 6.20 Å². The number of nitrogens with one attached hydrogen (secondary N) is 2. The molecule has 0 atom stereocenters. The zero-order valence-electron chi connectivity index (χ0n) is 12.2. The van der Waals surface area contributed by atoms with Gasteiger partial charge in [-0.2, -0.15) is 5.10 Å². The highest BCUT2D eigenvalue weighted by Gasteiger charge is 2.15. The van der Waals surface area contributed by atoms with Gasteiger partial charge in [0, 0.05) is 45.0 Å². The van der Waals surface area contributed by atoms with E-state index in [0.29, 0.717) is 6.54 Å². The standard InChI is InChI=1S/C13H24N4O2/c1-13(2,3)19-12(18)15-10-9-14-7-5-11-6-8-16-17(11)4/h6,8,14H,5,7,9-10H2,1-4H3,(H,15,18). The van der Waals surface area contributed by atoms with Crippen molar-refractivity contribution in [1.29, 1.82) is 0 Å². The summed E-state index contributed by atoms with van der Waals surface area (Å²) >= 11 is 0. The van der Waals surface area contributed by atoms with Gasteiger partial charge in [-0.25, -0.2) is 4.79 Å². The van der Waals surface area contributed by atoms with Crippen LogP contribution in [0.3, 0.4) is 0 Å². The molecule has 0 unspecified atom stereocenters. The van der Waals surface area contributed by atoms with Crippen LogP contribution in [-0.4, -0.2) is 41.1 Å². The largest absolute Gasteiger partial charge is 0.444 e. The maximum absolute atomic E-state index is 11.4. The van der Waals surface area contributed by atoms with Crippen molar-refractivity contribution in [3.05, 3.63) is 18.0 Å². The number of alkyl carbamates (subject to hydrolysis) is 1. The van der Waals surface area contributed by atoms with Gasteiger partial charge in [0.1, 0.15) is 5.60 Å². The van der Waals surface area contributed by atoms with Crippen LogP contribution < -0.4 is 10.6 Å². The molecule has 0 aliphatic carbocycles. The van der Waals surface area contributed by atoms with Crippen molar-refractivity contribution in [2.45, 2.75) is 32.8 Å². The summed E-state index contributed by atoms with van der Waals surface area (Å²) in [5.41, 5.74) is 0.740. The number of ether oxygens (including phenoxy) is 1. The first-order valence-electron chi connectivity index (χ1n) is 6.53. The van der Waals surface area contributed by atoms with E-state index in [-0.39, 0.29) is 6.09 Å². The van der Waals surface area contributed by atoms with Gasteiger partial charge in [-0.15, -0.1) is 0 Å². The third-order valence-electron chi connectivity index (χ3n) is 2.45. The van der Waals surface area contributed by atoms with Crippen molar-refractivity contribution in [3.8, 4) is 0 Å². The van der Waals surface area contributed by atoms with Gasteiger partial charge in [-0.3, -0.25) is 4.68 Å². The molecule has 1 heterocycles. The molecule has 6 heteroatoms. The Kier molecular flexibility index (Phi) is 5.82. The topological polar surface area (TPSA) is 68.2 Å². The zero-order valence-corrected chi connectivity index (χ0v) is 12.2. The molecule has 1 aromatic rings. The smallest absolute Gasteiger partial charge is 0.407 e. The molecule has 19 heavy (non-hydrogen) atoms. The van der Waals surface area contributed by atoms with E-state index < -0.39 is 5.60 Å². The molecule has 0 aromatic carbocycles. The Morgan fingerprint density at radius 2 is 2.11 bits per heavy atom. The van der Waals surface area contributed by atoms with Gasteiger partial charge < -0.3 is 15.4 Å². The minimum absolute atomic E-state index is 0.374. The van der Waals surface area contributed by atoms with Crippen LogP contribution in [0.1, 0.15) is 26.5 Å². The first-order chi connectivity index (χ1) is 8.88. The zero-order chi connectivity index (χ0) is 14.3. The maximum atomic E-state index is 11.4. The highest BCUT2D eigenvalue weighted by atomic mass is 16.6. The van der Waals surface area contributed by atoms with Gasteiger partial charge >= 0.3 is 6.09 Å². The van der Waals surface area contributed by atoms with Crippen molar-refractivity contribution in [1.82, 2.24) is 20.4 Å². The molecule has 1 amide bonds. The maximum Gasteiger partial charge on any atom is 0.407 e. The normalized spacial score (nSPS) is 11.4. The predicted molar refractivity (Wildman–Crippen MR) is 74.0 cm³/mol. The summed E-state index contributed by atoms with van der Waals surface area (Å²) in [6.45, 7) is 7.67. The number of aromatic nitrogens is 2. The summed E-state index contributed by atoms with van der Waals surface area (Å²) < 4.78 is 6.99. The van der Waals surface area contributed by atoms with Crippen LogP contribution in [0.2, 0.25) is 0 Å². The molecule has 0 bridgehead atoms. The number of rotatable bonds is 6. The van der Waals surface area contributed by atoms with Crippen molar-refractivity contribution in [2.75, 3.05) is 19.6 Å². The van der Waals surface area contributed by atoms with Gasteiger partial charge in [-0.1, -0.05) is 0 Å². The fourth-order valence-electron chi connectivity index (χ4n) is 1.56. The second-order valence-corrected chi connectivity index (χ2v) is 5.37. The lowest BCUT2D eigenvalue weighted by atomic mass is 10.2. The number of nitrogens with zero attached hydrogens (tertiary/aromatic N) is 2. The van der Waals surface area contributed by atoms with E-state index in [2.05, 4.69) is 15.7 Å². The molecule has 0 aliphatic heterocycles. The lowest BCUT2D eigenvalue weighted by Crippen LogP contribution is -2.36. The Bertz CT molecular complexity index is 396. The van der Waals surface area contributed by atoms with Gasteiger partial charge in [0.05, 0.1) is 0 Å². The fourth-order valence-corrected chi connectivity index (χ4v) is 1.56. The lowest BCUT2D eigenvalue weighted by molar-refractivity contribution is 0.0528. The Hall–Kier alpha value is -1.56. The Balaban J connectivity index is 2.03. The third-order valence-corrected chi connectivity index (χ3v) is 2.45. The summed E-state index contributed by atoms with van der Waals surface area (Å²) in [4.78, 5) is 11.4. The van der Waals surface area contributed by atoms with E-state index in [1.165, 1.54) is 5.69 Å². The third kappa shape index (κ3) is 6.81. The van der Waals surface area contributed by atoms with Crippen LogP contribution in [0.4, 0.5) is 4.79 Å². The molecule has 6 nitrogen and oxygen atoms in total. The van der Waals surface area contributed by atoms with Crippen LogP contribution in [0.25, 0.3) is 0 Å². The molecule has 0 saturated carbocycles. The lowest BCUT2D eigenvalue weighted by Gasteiger charge is -2.19. The molecule has 2 N–H and O–H groups in total. The summed E-state index contributed by atoms with van der Waals surface area (Å²) in [6.07, 6.45) is 2.34. The molecule has 1 rings (SSSR count). The Labute approximate surface area is 114 Å². The quantitative estimate of drug-likeness (QED) is 0.758. The molecule has 0 saturated heterocycles. The average molecular weight is 268 g/mol. The first-order valence-corrected chi connectivity index (χ1v) is 6.53. The number of amides is 1. The van der Waals surface area contributed by atoms with Crippen LogP contribution in [0, 0.1) is 0 Å². The molecule has 0 radical (unpaired) electrons.